The zero-order chi connectivity index (χ0) is 15.3. The zero-order valence-electron chi connectivity index (χ0n) is 12.1. The molecule has 0 aliphatic heterocycles. The van der Waals surface area contributed by atoms with E-state index in [1.165, 1.54) is 0 Å². The Labute approximate surface area is 124 Å². The van der Waals surface area contributed by atoms with Crippen LogP contribution in [-0.2, 0) is 15.6 Å². The normalized spacial score (nSPS) is 12.3. The average Bonchev–Trinajstić information content (AvgIpc) is 2.87. The maximum absolute atomic E-state index is 12.0. The maximum atomic E-state index is 12.0. The number of hydrogen-bond acceptors (Lipinski definition) is 5. The van der Waals surface area contributed by atoms with E-state index in [0.717, 1.165) is 5.56 Å². The lowest BCUT2D eigenvalue weighted by Gasteiger charge is -1.97. The van der Waals surface area contributed by atoms with Gasteiger partial charge in [0.05, 0.1) is 5.75 Å². The first-order valence-electron chi connectivity index (χ1n) is 6.71. The molecule has 0 spiro atoms. The molecule has 0 fully saturated rings. The Morgan fingerprint density at radius 3 is 2.57 bits per heavy atom. The van der Waals surface area contributed by atoms with Crippen LogP contribution in [-0.4, -0.2) is 24.3 Å². The van der Waals surface area contributed by atoms with Crippen LogP contribution in [0.1, 0.15) is 37.0 Å². The SMILES string of the molecule is CC(C)c1noc(CS(=O)(=O)C/C=C/c2ccccc2)n1. The number of rotatable bonds is 6. The molecule has 6 heteroatoms. The standard InChI is InChI=1S/C15H18N2O3S/c1-12(2)15-16-14(20-17-15)11-21(18,19)10-6-9-13-7-4-3-5-8-13/h3-9,12H,10-11H2,1-2H3/b9-6+. The van der Waals surface area contributed by atoms with Gasteiger partial charge in [-0.25, -0.2) is 8.42 Å². The van der Waals surface area contributed by atoms with Gasteiger partial charge < -0.3 is 4.52 Å². The Morgan fingerprint density at radius 2 is 1.95 bits per heavy atom. The Bertz CT molecular complexity index is 704. The minimum absolute atomic E-state index is 0.0543. The number of sulfone groups is 1. The molecule has 0 saturated carbocycles. The number of benzene rings is 1. The average molecular weight is 306 g/mol. The highest BCUT2D eigenvalue weighted by Crippen LogP contribution is 2.12. The lowest BCUT2D eigenvalue weighted by Crippen LogP contribution is -2.08. The van der Waals surface area contributed by atoms with E-state index in [1.807, 2.05) is 44.2 Å². The molecule has 0 amide bonds. The van der Waals surface area contributed by atoms with E-state index in [0.29, 0.717) is 5.82 Å². The summed E-state index contributed by atoms with van der Waals surface area (Å²) < 4.78 is 28.9. The Hall–Kier alpha value is -1.95. The molecule has 0 aliphatic carbocycles. The smallest absolute Gasteiger partial charge is 0.241 e. The summed E-state index contributed by atoms with van der Waals surface area (Å²) >= 11 is 0. The van der Waals surface area contributed by atoms with Gasteiger partial charge in [0.15, 0.2) is 15.7 Å². The first kappa shape index (κ1) is 15.4. The minimum atomic E-state index is -3.30. The molecule has 1 aromatic carbocycles. The van der Waals surface area contributed by atoms with Gasteiger partial charge in [0.25, 0.3) is 0 Å². The molecule has 1 aromatic heterocycles. The summed E-state index contributed by atoms with van der Waals surface area (Å²) in [6, 6.07) is 9.54. The van der Waals surface area contributed by atoms with Gasteiger partial charge in [-0.2, -0.15) is 4.98 Å². The molecule has 0 N–H and O–H groups in total. The van der Waals surface area contributed by atoms with E-state index in [1.54, 1.807) is 12.2 Å². The van der Waals surface area contributed by atoms with Gasteiger partial charge >= 0.3 is 0 Å². The van der Waals surface area contributed by atoms with Gasteiger partial charge in [-0.3, -0.25) is 0 Å². The van der Waals surface area contributed by atoms with Crippen LogP contribution in [0.2, 0.25) is 0 Å². The van der Waals surface area contributed by atoms with Gasteiger partial charge in [-0.05, 0) is 5.56 Å². The number of hydrogen-bond donors (Lipinski definition) is 0. The molecule has 21 heavy (non-hydrogen) atoms. The quantitative estimate of drug-likeness (QED) is 0.820. The van der Waals surface area contributed by atoms with Crippen LogP contribution in [0.4, 0.5) is 0 Å². The van der Waals surface area contributed by atoms with E-state index >= 15 is 0 Å². The van der Waals surface area contributed by atoms with Crippen LogP contribution in [0.25, 0.3) is 6.08 Å². The van der Waals surface area contributed by atoms with E-state index in [2.05, 4.69) is 10.1 Å². The van der Waals surface area contributed by atoms with Gasteiger partial charge in [-0.1, -0.05) is 61.5 Å². The predicted octanol–water partition coefficient (Wildman–Crippen LogP) is 2.82. The Balaban J connectivity index is 1.97. The van der Waals surface area contributed by atoms with Crippen LogP contribution < -0.4 is 0 Å². The molecule has 0 saturated heterocycles. The van der Waals surface area contributed by atoms with Gasteiger partial charge in [0.2, 0.25) is 5.89 Å². The van der Waals surface area contributed by atoms with E-state index < -0.39 is 9.84 Å². The van der Waals surface area contributed by atoms with Crippen LogP contribution in [0.15, 0.2) is 40.9 Å². The third-order valence-corrected chi connectivity index (χ3v) is 4.19. The third kappa shape index (κ3) is 4.82. The Kier molecular flexibility index (Phi) is 4.90. The molecule has 0 bridgehead atoms. The largest absolute Gasteiger partial charge is 0.338 e. The molecule has 112 valence electrons. The molecule has 5 nitrogen and oxygen atoms in total. The molecule has 2 rings (SSSR count). The Morgan fingerprint density at radius 1 is 1.24 bits per heavy atom. The lowest BCUT2D eigenvalue weighted by molar-refractivity contribution is 0.381. The molecule has 2 aromatic rings. The van der Waals surface area contributed by atoms with Crippen molar-refractivity contribution in [1.82, 2.24) is 10.1 Å². The van der Waals surface area contributed by atoms with Gasteiger partial charge in [-0.15, -0.1) is 0 Å². The molecule has 0 radical (unpaired) electrons. The van der Waals surface area contributed by atoms with E-state index in [4.69, 9.17) is 4.52 Å². The van der Waals surface area contributed by atoms with Gasteiger partial charge in [0, 0.05) is 5.92 Å². The molecule has 1 heterocycles. The van der Waals surface area contributed by atoms with E-state index in [9.17, 15) is 8.42 Å². The fourth-order valence-electron chi connectivity index (χ4n) is 1.70. The van der Waals surface area contributed by atoms with Crippen molar-refractivity contribution in [2.24, 2.45) is 0 Å². The van der Waals surface area contributed by atoms with Crippen molar-refractivity contribution >= 4 is 15.9 Å². The van der Waals surface area contributed by atoms with E-state index in [-0.39, 0.29) is 23.3 Å². The van der Waals surface area contributed by atoms with Crippen molar-refractivity contribution in [1.29, 1.82) is 0 Å². The molecular formula is C15H18N2O3S. The van der Waals surface area contributed by atoms with Crippen LogP contribution in [0.3, 0.4) is 0 Å². The second-order valence-electron chi connectivity index (χ2n) is 5.07. The van der Waals surface area contributed by atoms with Crippen molar-refractivity contribution in [2.45, 2.75) is 25.5 Å². The van der Waals surface area contributed by atoms with Gasteiger partial charge in [0.1, 0.15) is 5.75 Å². The first-order chi connectivity index (χ1) is 9.96. The zero-order valence-corrected chi connectivity index (χ0v) is 12.9. The summed E-state index contributed by atoms with van der Waals surface area (Å²) in [4.78, 5) is 4.08. The number of aromatic nitrogens is 2. The summed E-state index contributed by atoms with van der Waals surface area (Å²) in [5.41, 5.74) is 0.965. The van der Waals surface area contributed by atoms with Crippen LogP contribution >= 0.6 is 0 Å². The summed E-state index contributed by atoms with van der Waals surface area (Å²) in [6.45, 7) is 3.84. The number of nitrogens with zero attached hydrogens (tertiary/aromatic N) is 2. The fraction of sp³-hybridized carbons (Fsp3) is 0.333. The minimum Gasteiger partial charge on any atom is -0.338 e. The second-order valence-corrected chi connectivity index (χ2v) is 7.18. The monoisotopic (exact) mass is 306 g/mol. The lowest BCUT2D eigenvalue weighted by atomic mass is 10.2. The summed E-state index contributed by atoms with van der Waals surface area (Å²) in [6.07, 6.45) is 3.41. The highest BCUT2D eigenvalue weighted by Gasteiger charge is 2.17. The highest BCUT2D eigenvalue weighted by molar-refractivity contribution is 7.90. The van der Waals surface area contributed by atoms with Crippen molar-refractivity contribution < 1.29 is 12.9 Å². The third-order valence-electron chi connectivity index (χ3n) is 2.80. The summed E-state index contributed by atoms with van der Waals surface area (Å²) in [7, 11) is -3.30. The molecule has 0 aliphatic rings. The van der Waals surface area contributed by atoms with Crippen LogP contribution in [0.5, 0.6) is 0 Å². The molecular weight excluding hydrogens is 288 g/mol. The van der Waals surface area contributed by atoms with Crippen LogP contribution in [0, 0.1) is 0 Å². The van der Waals surface area contributed by atoms with Crippen molar-refractivity contribution in [3.8, 4) is 0 Å². The topological polar surface area (TPSA) is 73.1 Å². The fourth-order valence-corrected chi connectivity index (χ4v) is 2.70. The molecule has 0 unspecified atom stereocenters. The van der Waals surface area contributed by atoms with Crippen molar-refractivity contribution in [3.63, 3.8) is 0 Å². The highest BCUT2D eigenvalue weighted by atomic mass is 32.2. The maximum Gasteiger partial charge on any atom is 0.241 e. The van der Waals surface area contributed by atoms with Crippen molar-refractivity contribution in [2.75, 3.05) is 5.75 Å². The van der Waals surface area contributed by atoms with Crippen molar-refractivity contribution in [3.05, 3.63) is 53.7 Å². The molecule has 0 atom stereocenters. The summed E-state index contributed by atoms with van der Waals surface area (Å²) in [5.74, 6) is 0.502. The summed E-state index contributed by atoms with van der Waals surface area (Å²) in [5, 5.41) is 3.76. The second kappa shape index (κ2) is 6.67. The first-order valence-corrected chi connectivity index (χ1v) is 8.53. The predicted molar refractivity (Wildman–Crippen MR) is 81.4 cm³/mol.